The summed E-state index contributed by atoms with van der Waals surface area (Å²) in [6, 6.07) is 8.74. The Bertz CT molecular complexity index is 463. The van der Waals surface area contributed by atoms with Gasteiger partial charge < -0.3 is 10.6 Å². The fourth-order valence-electron chi connectivity index (χ4n) is 1.31. The summed E-state index contributed by atoms with van der Waals surface area (Å²) in [6.45, 7) is 0. The first-order valence-corrected chi connectivity index (χ1v) is 5.12. The average molecular weight is 231 g/mol. The van der Waals surface area contributed by atoms with E-state index >= 15 is 0 Å². The second-order valence-corrected chi connectivity index (χ2v) is 3.43. The van der Waals surface area contributed by atoms with Gasteiger partial charge in [-0.15, -0.1) is 0 Å². The maximum absolute atomic E-state index is 11.2. The Morgan fingerprint density at radius 2 is 2.12 bits per heavy atom. The van der Waals surface area contributed by atoms with E-state index in [9.17, 15) is 9.59 Å². The van der Waals surface area contributed by atoms with Crippen molar-refractivity contribution in [1.82, 2.24) is 5.32 Å². The van der Waals surface area contributed by atoms with E-state index < -0.39 is 0 Å². The molecule has 2 N–H and O–H groups in total. The van der Waals surface area contributed by atoms with Gasteiger partial charge in [0.1, 0.15) is 6.42 Å². The van der Waals surface area contributed by atoms with Gasteiger partial charge in [-0.05, 0) is 17.7 Å². The number of carbonyl (C=O) groups excluding carboxylic acids is 2. The van der Waals surface area contributed by atoms with E-state index in [1.807, 2.05) is 0 Å². The van der Waals surface area contributed by atoms with E-state index in [0.29, 0.717) is 5.69 Å². The summed E-state index contributed by atoms with van der Waals surface area (Å²) in [5.74, 6) is -0.449. The van der Waals surface area contributed by atoms with Gasteiger partial charge in [-0.1, -0.05) is 12.1 Å². The Morgan fingerprint density at radius 1 is 1.35 bits per heavy atom. The molecular weight excluding hydrogens is 218 g/mol. The number of hydrogen-bond donors (Lipinski definition) is 2. The minimum atomic E-state index is -0.357. The molecule has 88 valence electrons. The first-order chi connectivity index (χ1) is 8.15. The molecule has 0 fully saturated rings. The molecule has 0 aliphatic carbocycles. The number of benzene rings is 1. The maximum atomic E-state index is 11.2. The smallest absolute Gasteiger partial charge is 0.238 e. The van der Waals surface area contributed by atoms with Gasteiger partial charge in [0.05, 0.1) is 12.5 Å². The second-order valence-electron chi connectivity index (χ2n) is 3.43. The van der Waals surface area contributed by atoms with Gasteiger partial charge in [-0.2, -0.15) is 5.26 Å². The Kier molecular flexibility index (Phi) is 4.70. The lowest BCUT2D eigenvalue weighted by Crippen LogP contribution is -2.20. The highest BCUT2D eigenvalue weighted by Gasteiger charge is 2.04. The standard InChI is InChI=1S/C12H13N3O2/c1-14-12(17)8-9-3-2-4-10(7-9)15-11(16)5-6-13/h2-4,7H,5,8H2,1H3,(H,14,17)(H,15,16). The Hall–Kier alpha value is -2.35. The molecule has 5 nitrogen and oxygen atoms in total. The van der Waals surface area contributed by atoms with Crippen molar-refractivity contribution in [3.63, 3.8) is 0 Å². The highest BCUT2D eigenvalue weighted by Crippen LogP contribution is 2.11. The number of nitriles is 1. The third kappa shape index (κ3) is 4.34. The Labute approximate surface area is 99.4 Å². The van der Waals surface area contributed by atoms with Crippen LogP contribution in [0.25, 0.3) is 0 Å². The monoisotopic (exact) mass is 231 g/mol. The zero-order chi connectivity index (χ0) is 12.7. The van der Waals surface area contributed by atoms with E-state index in [-0.39, 0.29) is 24.7 Å². The molecule has 0 bridgehead atoms. The number of nitrogens with zero attached hydrogens (tertiary/aromatic N) is 1. The SMILES string of the molecule is CNC(=O)Cc1cccc(NC(=O)CC#N)c1. The van der Waals surface area contributed by atoms with Crippen molar-refractivity contribution in [2.45, 2.75) is 12.8 Å². The van der Waals surface area contributed by atoms with Crippen molar-refractivity contribution in [2.75, 3.05) is 12.4 Å². The molecule has 0 saturated heterocycles. The molecule has 17 heavy (non-hydrogen) atoms. The summed E-state index contributed by atoms with van der Waals surface area (Å²) >= 11 is 0. The summed E-state index contributed by atoms with van der Waals surface area (Å²) in [7, 11) is 1.57. The zero-order valence-electron chi connectivity index (χ0n) is 9.49. The summed E-state index contributed by atoms with van der Waals surface area (Å²) in [6.07, 6.45) is 0.0815. The normalized spacial score (nSPS) is 9.18. The summed E-state index contributed by atoms with van der Waals surface area (Å²) in [5.41, 5.74) is 1.39. The van der Waals surface area contributed by atoms with Gasteiger partial charge in [0, 0.05) is 12.7 Å². The van der Waals surface area contributed by atoms with E-state index in [4.69, 9.17) is 5.26 Å². The number of rotatable bonds is 4. The first kappa shape index (κ1) is 12.7. The predicted octanol–water partition coefficient (Wildman–Crippen LogP) is 0.827. The molecule has 2 amide bonds. The molecular formula is C12H13N3O2. The Morgan fingerprint density at radius 3 is 2.76 bits per heavy atom. The van der Waals surface area contributed by atoms with Crippen LogP contribution in [0.15, 0.2) is 24.3 Å². The van der Waals surface area contributed by atoms with Crippen LogP contribution in [-0.2, 0) is 16.0 Å². The fraction of sp³-hybridized carbons (Fsp3) is 0.250. The van der Waals surface area contributed by atoms with Crippen molar-refractivity contribution < 1.29 is 9.59 Å². The van der Waals surface area contributed by atoms with E-state index in [2.05, 4.69) is 10.6 Å². The van der Waals surface area contributed by atoms with Crippen LogP contribution in [0, 0.1) is 11.3 Å². The highest BCUT2D eigenvalue weighted by molar-refractivity contribution is 5.92. The van der Waals surface area contributed by atoms with Crippen molar-refractivity contribution in [2.24, 2.45) is 0 Å². The number of carbonyl (C=O) groups is 2. The van der Waals surface area contributed by atoms with Crippen LogP contribution in [0.2, 0.25) is 0 Å². The molecule has 1 aromatic rings. The largest absolute Gasteiger partial charge is 0.359 e. The molecule has 1 rings (SSSR count). The molecule has 0 aliphatic heterocycles. The molecule has 0 heterocycles. The molecule has 0 radical (unpaired) electrons. The molecule has 0 atom stereocenters. The highest BCUT2D eigenvalue weighted by atomic mass is 16.2. The van der Waals surface area contributed by atoms with Gasteiger partial charge >= 0.3 is 0 Å². The quantitative estimate of drug-likeness (QED) is 0.805. The fourth-order valence-corrected chi connectivity index (χ4v) is 1.31. The lowest BCUT2D eigenvalue weighted by molar-refractivity contribution is -0.120. The number of likely N-dealkylation sites (N-methyl/N-ethyl adjacent to an activating group) is 1. The number of hydrogen-bond acceptors (Lipinski definition) is 3. The molecule has 0 unspecified atom stereocenters. The van der Waals surface area contributed by atoms with Crippen molar-refractivity contribution in [3.05, 3.63) is 29.8 Å². The van der Waals surface area contributed by atoms with Gasteiger partial charge in [-0.3, -0.25) is 9.59 Å². The lowest BCUT2D eigenvalue weighted by Gasteiger charge is -2.05. The molecule has 5 heteroatoms. The number of nitrogens with one attached hydrogen (secondary N) is 2. The van der Waals surface area contributed by atoms with Crippen molar-refractivity contribution in [3.8, 4) is 6.07 Å². The van der Waals surface area contributed by atoms with Gasteiger partial charge in [-0.25, -0.2) is 0 Å². The third-order valence-corrected chi connectivity index (χ3v) is 2.09. The van der Waals surface area contributed by atoms with Crippen LogP contribution >= 0.6 is 0 Å². The number of amides is 2. The topological polar surface area (TPSA) is 82.0 Å². The molecule has 0 aliphatic rings. The Balaban J connectivity index is 2.69. The van der Waals surface area contributed by atoms with Crippen molar-refractivity contribution >= 4 is 17.5 Å². The lowest BCUT2D eigenvalue weighted by atomic mass is 10.1. The first-order valence-electron chi connectivity index (χ1n) is 5.12. The van der Waals surface area contributed by atoms with E-state index in [0.717, 1.165) is 5.56 Å². The zero-order valence-corrected chi connectivity index (χ0v) is 9.49. The maximum Gasteiger partial charge on any atom is 0.238 e. The van der Waals surface area contributed by atoms with E-state index in [1.54, 1.807) is 37.4 Å². The number of anilines is 1. The minimum absolute atomic E-state index is 0.0921. The molecule has 0 saturated carbocycles. The average Bonchev–Trinajstić information content (AvgIpc) is 2.29. The van der Waals surface area contributed by atoms with Gasteiger partial charge in [0.15, 0.2) is 0 Å². The van der Waals surface area contributed by atoms with Crippen LogP contribution in [0.1, 0.15) is 12.0 Å². The summed E-state index contributed by atoms with van der Waals surface area (Å²) in [5, 5.41) is 13.5. The molecule has 0 spiro atoms. The van der Waals surface area contributed by atoms with Crippen LogP contribution in [0.5, 0.6) is 0 Å². The summed E-state index contributed by atoms with van der Waals surface area (Å²) < 4.78 is 0. The molecule has 1 aromatic carbocycles. The van der Waals surface area contributed by atoms with Gasteiger partial charge in [0.25, 0.3) is 0 Å². The molecule has 0 aromatic heterocycles. The van der Waals surface area contributed by atoms with Crippen LogP contribution < -0.4 is 10.6 Å². The van der Waals surface area contributed by atoms with Gasteiger partial charge in [0.2, 0.25) is 11.8 Å². The predicted molar refractivity (Wildman–Crippen MR) is 63.1 cm³/mol. The van der Waals surface area contributed by atoms with Crippen LogP contribution in [0.3, 0.4) is 0 Å². The second kappa shape index (κ2) is 6.28. The summed E-state index contributed by atoms with van der Waals surface area (Å²) in [4.78, 5) is 22.4. The third-order valence-electron chi connectivity index (χ3n) is 2.09. The minimum Gasteiger partial charge on any atom is -0.359 e. The van der Waals surface area contributed by atoms with Crippen molar-refractivity contribution in [1.29, 1.82) is 5.26 Å². The van der Waals surface area contributed by atoms with E-state index in [1.165, 1.54) is 0 Å². The van der Waals surface area contributed by atoms with Crippen LogP contribution in [0.4, 0.5) is 5.69 Å². The van der Waals surface area contributed by atoms with Crippen LogP contribution in [-0.4, -0.2) is 18.9 Å².